The van der Waals surface area contributed by atoms with Crippen molar-refractivity contribution in [1.82, 2.24) is 56.8 Å². The molecular weight excluding hydrogens is 1320 g/mol. The average Bonchev–Trinajstić information content (AvgIpc) is 1.62. The molecule has 6 fully saturated rings. The number of piperazine rings is 1. The molecule has 4 saturated heterocycles. The van der Waals surface area contributed by atoms with Crippen LogP contribution in [0.1, 0.15) is 114 Å². The Bertz CT molecular complexity index is 3280. The van der Waals surface area contributed by atoms with E-state index in [1.54, 1.807) is 11.3 Å². The fourth-order valence-corrected chi connectivity index (χ4v) is 15.7. The van der Waals surface area contributed by atoms with Gasteiger partial charge in [-0.1, -0.05) is 56.4 Å². The highest BCUT2D eigenvalue weighted by atomic mass is 32.3. The van der Waals surface area contributed by atoms with E-state index in [9.17, 15) is 87.7 Å². The van der Waals surface area contributed by atoms with Gasteiger partial charge in [-0.2, -0.15) is 8.42 Å². The van der Waals surface area contributed by atoms with Crippen LogP contribution in [0, 0.1) is 17.8 Å². The molecule has 0 unspecified atom stereocenters. The average molecular weight is 1420 g/mol. The number of benzene rings is 2. The number of fused-ring (bicyclic) bond motifs is 2. The maximum Gasteiger partial charge on any atom is 0.446 e. The van der Waals surface area contributed by atoms with Crippen LogP contribution < -0.4 is 41.0 Å². The fourth-order valence-electron chi connectivity index (χ4n) is 14.3. The maximum atomic E-state index is 15.0. The Morgan fingerprint density at radius 3 is 2.08 bits per heavy atom. The summed E-state index contributed by atoms with van der Waals surface area (Å²) in [6.45, 7) is 5.48. The van der Waals surface area contributed by atoms with Gasteiger partial charge < -0.3 is 96.7 Å². The molecule has 1 aromatic heterocycles. The Morgan fingerprint density at radius 2 is 1.41 bits per heavy atom. The van der Waals surface area contributed by atoms with Gasteiger partial charge in [0, 0.05) is 81.7 Å². The number of amides is 6. The van der Waals surface area contributed by atoms with Gasteiger partial charge in [-0.25, -0.2) is 0 Å². The van der Waals surface area contributed by atoms with Crippen molar-refractivity contribution in [3.8, 4) is 22.1 Å². The number of rotatable bonds is 22. The quantitative estimate of drug-likeness (QED) is 0.0466. The van der Waals surface area contributed by atoms with E-state index < -0.39 is 194 Å². The first kappa shape index (κ1) is 75.9. The molecule has 16 N–H and O–H groups in total. The summed E-state index contributed by atoms with van der Waals surface area (Å²) in [5.74, 6) is -8.12. The summed E-state index contributed by atoms with van der Waals surface area (Å²) in [6, 6.07) is -0.251. The first-order valence-electron chi connectivity index (χ1n) is 34.2. The third-order valence-electron chi connectivity index (χ3n) is 20.1. The van der Waals surface area contributed by atoms with E-state index in [-0.39, 0.29) is 37.0 Å². The first-order valence-corrected chi connectivity index (χ1v) is 36.4. The van der Waals surface area contributed by atoms with Gasteiger partial charge in [-0.05, 0) is 125 Å². The Labute approximate surface area is 574 Å². The third-order valence-corrected chi connectivity index (χ3v) is 21.7. The molecule has 31 nitrogen and oxygen atoms in total. The van der Waals surface area contributed by atoms with Crippen molar-refractivity contribution in [3.05, 3.63) is 53.0 Å². The molecule has 33 heteroatoms. The van der Waals surface area contributed by atoms with Crippen LogP contribution in [0.3, 0.4) is 0 Å². The monoisotopic (exact) mass is 1410 g/mol. The molecule has 6 aliphatic rings. The number of carbonyl (C=O) groups is 6. The van der Waals surface area contributed by atoms with E-state index in [1.165, 1.54) is 64.6 Å². The summed E-state index contributed by atoms with van der Waals surface area (Å²) in [5, 5.41) is 126. The Morgan fingerprint density at radius 1 is 0.735 bits per heavy atom. The number of aromatic hydroxyl groups is 1. The minimum Gasteiger partial charge on any atom is -0.504 e. The number of carbonyl (C=O) groups excluding carboxylic acids is 6. The predicted octanol–water partition coefficient (Wildman–Crippen LogP) is -2.40. The zero-order valence-electron chi connectivity index (χ0n) is 55.4. The number of hydrogen-bond acceptors (Lipinski definition) is 25. The Hall–Kier alpha value is -6.31. The van der Waals surface area contributed by atoms with E-state index in [4.69, 9.17) is 0 Å². The second-order valence-electron chi connectivity index (χ2n) is 27.4. The zero-order chi connectivity index (χ0) is 70.5. The molecule has 5 heterocycles. The molecule has 2 saturated carbocycles. The van der Waals surface area contributed by atoms with Gasteiger partial charge in [-0.3, -0.25) is 38.2 Å². The second-order valence-corrected chi connectivity index (χ2v) is 29.4. The molecule has 2 aromatic carbocycles. The highest BCUT2D eigenvalue weighted by Crippen LogP contribution is 2.39. The van der Waals surface area contributed by atoms with Gasteiger partial charge in [0.15, 0.2) is 11.5 Å². The van der Waals surface area contributed by atoms with Crippen molar-refractivity contribution >= 4 is 62.9 Å². The lowest BCUT2D eigenvalue weighted by molar-refractivity contribution is -0.147. The predicted molar refractivity (Wildman–Crippen MR) is 356 cm³/mol. The van der Waals surface area contributed by atoms with Gasteiger partial charge in [0.1, 0.15) is 40.2 Å². The third kappa shape index (κ3) is 20.0. The van der Waals surface area contributed by atoms with E-state index in [1.807, 2.05) is 0 Å². The number of nitrogens with one attached hydrogen (secondary N) is 6. The highest BCUT2D eigenvalue weighted by molar-refractivity contribution is 7.81. The molecule has 2 aliphatic carbocycles. The number of phenols is 1. The largest absolute Gasteiger partial charge is 0.504 e. The van der Waals surface area contributed by atoms with Crippen molar-refractivity contribution < 1.29 is 91.9 Å². The lowest BCUT2D eigenvalue weighted by Gasteiger charge is -2.37. The second kappa shape index (κ2) is 34.8. The molecule has 13 atom stereocenters. The summed E-state index contributed by atoms with van der Waals surface area (Å²) in [4.78, 5) is 95.1. The van der Waals surface area contributed by atoms with Crippen molar-refractivity contribution in [3.63, 3.8) is 0 Å². The molecule has 3 aromatic rings. The van der Waals surface area contributed by atoms with Gasteiger partial charge in [0.25, 0.3) is 0 Å². The lowest BCUT2D eigenvalue weighted by Crippen LogP contribution is -2.64. The summed E-state index contributed by atoms with van der Waals surface area (Å²) in [5.41, 5.74) is 2.08. The van der Waals surface area contributed by atoms with Crippen molar-refractivity contribution in [2.24, 2.45) is 17.8 Å². The number of aliphatic hydroxyl groups excluding tert-OH is 8. The summed E-state index contributed by atoms with van der Waals surface area (Å²) in [7, 11) is -5.22. The topological polar surface area (TPSA) is 459 Å². The molecule has 0 bridgehead atoms. The van der Waals surface area contributed by atoms with Crippen LogP contribution in [0.5, 0.6) is 11.5 Å². The molecule has 4 aliphatic heterocycles. The van der Waals surface area contributed by atoms with Crippen molar-refractivity contribution in [1.29, 1.82) is 0 Å². The summed E-state index contributed by atoms with van der Waals surface area (Å²) >= 11 is 1.56. The Balaban J connectivity index is 0.917. The summed E-state index contributed by atoms with van der Waals surface area (Å²) in [6.07, 6.45) is -1.12. The van der Waals surface area contributed by atoms with Crippen LogP contribution in [0.25, 0.3) is 10.6 Å². The Kier molecular flexibility index (Phi) is 27.0. The van der Waals surface area contributed by atoms with Crippen molar-refractivity contribution in [2.75, 3.05) is 83.6 Å². The van der Waals surface area contributed by atoms with E-state index in [0.29, 0.717) is 12.8 Å². The molecule has 0 spiro atoms. The standard InChI is InChI=1S/C65H98N12O19S2/c1-36-32-77-56(57(36)86)61(90)68-31-45(81)28-47(67-30-39-8-11-41(12-9-39)62-72-73-63(97-62)42-13-15-44(16-14-42)75-24-22-74(23-25-75)21-19-38-6-4-3-5-7-38)58(87)69-53(37(2)80)64(91)76-33-46(82)29-48(76)59(88)70-54(51(85)26-40-10-17-49(83)52(27-40)96-98(93,94)95)60(89)71-55(65(77)92)50(84)18-20-66-43(34-78)35-79/h10,13-17,27,36-39,41,43,45-48,50-51,53-57,66-67,78-86H,3-9,11-12,18-26,28-35H2,1-2H3,(H,68,90)(H,69,87)(H,70,88)(H,71,89)(H,93,94,95)/t36-,37+,39-,41-,45+,46+,47-,48-,50+,51+,53-,54-,55-,56-,57-/m0/s1. The van der Waals surface area contributed by atoms with Crippen molar-refractivity contribution in [2.45, 2.75) is 189 Å². The highest BCUT2D eigenvalue weighted by Gasteiger charge is 2.50. The molecule has 9 rings (SSSR count). The van der Waals surface area contributed by atoms with Crippen LogP contribution >= 0.6 is 11.3 Å². The number of aromatic nitrogens is 2. The van der Waals surface area contributed by atoms with Crippen LogP contribution in [0.15, 0.2) is 42.5 Å². The lowest BCUT2D eigenvalue weighted by atomic mass is 9.82. The minimum absolute atomic E-state index is 0.00614. The molecule has 6 amide bonds. The fraction of sp³-hybridized carbons (Fsp3) is 0.692. The smallest absolute Gasteiger partial charge is 0.446 e. The normalized spacial score (nSPS) is 29.0. The SMILES string of the molecule is C[C@@H](O)[C@@H]1NC(=O)[C@@H](NC[C@H]2CC[C@H](c3nnc(-c4ccc(N5CCN(CCC6CCCCC6)CC5)cc4)s3)CC2)C[C@@H](O)CNC(=O)[C@@H]2[C@@H](O)[C@@H](C)CN2C(=O)[C@H]([C@H](O)CCNC(CO)CO)NC(=O)[C@H]([C@H](O)Cc2ccc(O)c(OS(=O)(=O)O)c2)NC(=O)[C@@H]2C[C@@H](O)CN2C1=O. The number of β-amino-alcohol motifs (C(OH)–C–C–N with tert-alkyl or cyclic N) is 1. The number of nitrogens with zero attached hydrogens (tertiary/aromatic N) is 6. The van der Waals surface area contributed by atoms with Crippen LogP contribution in [0.2, 0.25) is 0 Å². The molecule has 544 valence electrons. The summed E-state index contributed by atoms with van der Waals surface area (Å²) < 4.78 is 37.1. The molecule has 98 heavy (non-hydrogen) atoms. The number of anilines is 1. The van der Waals surface area contributed by atoms with Gasteiger partial charge in [-0.15, -0.1) is 10.2 Å². The van der Waals surface area contributed by atoms with Crippen LogP contribution in [0.4, 0.5) is 5.69 Å². The molecular formula is C65H98N12O19S2. The van der Waals surface area contributed by atoms with E-state index in [0.717, 1.165) is 88.5 Å². The molecule has 0 radical (unpaired) electrons. The number of phenolic OH excluding ortho intramolecular Hbond substituents is 1. The van der Waals surface area contributed by atoms with E-state index in [2.05, 4.69) is 80.3 Å². The van der Waals surface area contributed by atoms with Gasteiger partial charge in [0.05, 0.1) is 61.9 Å². The van der Waals surface area contributed by atoms with Crippen LogP contribution in [-0.2, 0) is 45.6 Å². The number of aliphatic hydroxyl groups is 8. The van der Waals surface area contributed by atoms with Gasteiger partial charge in [0.2, 0.25) is 35.4 Å². The van der Waals surface area contributed by atoms with Gasteiger partial charge >= 0.3 is 10.4 Å². The maximum absolute atomic E-state index is 15.0. The zero-order valence-corrected chi connectivity index (χ0v) is 57.0. The number of hydrogen-bond donors (Lipinski definition) is 16. The van der Waals surface area contributed by atoms with E-state index >= 15 is 0 Å². The minimum atomic E-state index is -5.22. The van der Waals surface area contributed by atoms with Crippen LogP contribution in [-0.4, -0.2) is 277 Å². The first-order chi connectivity index (χ1) is 46.8.